The summed E-state index contributed by atoms with van der Waals surface area (Å²) >= 11 is 0. The molecule has 1 amide bonds. The van der Waals surface area contributed by atoms with Crippen LogP contribution in [0.15, 0.2) is 64.4 Å². The number of nitrogens with one attached hydrogen (secondary N) is 1. The number of para-hydroxylation sites is 2. The predicted molar refractivity (Wildman–Crippen MR) is 127 cm³/mol. The van der Waals surface area contributed by atoms with Gasteiger partial charge in [-0.05, 0) is 69.4 Å². The van der Waals surface area contributed by atoms with Crippen molar-refractivity contribution in [2.75, 3.05) is 32.5 Å². The van der Waals surface area contributed by atoms with E-state index in [-0.39, 0.29) is 23.0 Å². The first-order chi connectivity index (χ1) is 15.8. The smallest absolute Gasteiger partial charge is 0.269 e. The first kappa shape index (κ1) is 23.1. The number of anilines is 1. The summed E-state index contributed by atoms with van der Waals surface area (Å²) in [6, 6.07) is 13.2. The molecule has 0 aliphatic carbocycles. The monoisotopic (exact) mass is 469 g/mol. The minimum Gasteiger partial charge on any atom is -0.325 e. The van der Waals surface area contributed by atoms with Crippen LogP contribution in [-0.4, -0.2) is 66.3 Å². The quantitative estimate of drug-likeness (QED) is 0.590. The van der Waals surface area contributed by atoms with Crippen LogP contribution < -0.4 is 10.9 Å². The Labute approximate surface area is 192 Å². The van der Waals surface area contributed by atoms with Crippen molar-refractivity contribution in [3.8, 4) is 0 Å². The minimum absolute atomic E-state index is 0.0286. The van der Waals surface area contributed by atoms with Crippen molar-refractivity contribution in [2.45, 2.75) is 30.3 Å². The molecule has 9 nitrogen and oxygen atoms in total. The Morgan fingerprint density at radius 3 is 2.48 bits per heavy atom. The van der Waals surface area contributed by atoms with Gasteiger partial charge >= 0.3 is 0 Å². The zero-order valence-corrected chi connectivity index (χ0v) is 19.5. The normalized spacial score (nSPS) is 15.7. The van der Waals surface area contributed by atoms with E-state index in [1.54, 1.807) is 37.4 Å². The lowest BCUT2D eigenvalue weighted by Gasteiger charge is -2.34. The summed E-state index contributed by atoms with van der Waals surface area (Å²) in [5, 5.41) is 2.73. The number of sulfonamides is 1. The van der Waals surface area contributed by atoms with Gasteiger partial charge in [0.05, 0.1) is 22.1 Å². The Bertz CT molecular complexity index is 1310. The lowest BCUT2D eigenvalue weighted by atomic mass is 10.1. The molecule has 2 heterocycles. The van der Waals surface area contributed by atoms with Crippen molar-refractivity contribution >= 4 is 32.7 Å². The zero-order chi connectivity index (χ0) is 23.6. The van der Waals surface area contributed by atoms with E-state index in [2.05, 4.69) is 15.2 Å². The second-order valence-corrected chi connectivity index (χ2v) is 10.3. The highest BCUT2D eigenvalue weighted by Gasteiger charge is 2.30. The van der Waals surface area contributed by atoms with E-state index in [1.807, 2.05) is 13.1 Å². The molecule has 0 saturated carbocycles. The van der Waals surface area contributed by atoms with E-state index in [0.29, 0.717) is 16.7 Å². The molecule has 33 heavy (non-hydrogen) atoms. The maximum atomic E-state index is 13.0. The maximum absolute atomic E-state index is 13.0. The molecule has 4 rings (SSSR count). The first-order valence-electron chi connectivity index (χ1n) is 10.8. The van der Waals surface area contributed by atoms with Crippen LogP contribution in [0.4, 0.5) is 5.69 Å². The molecular formula is C23H27N5O4S. The minimum atomic E-state index is -3.63. The van der Waals surface area contributed by atoms with E-state index in [0.717, 1.165) is 25.9 Å². The number of hydrogen-bond acceptors (Lipinski definition) is 6. The van der Waals surface area contributed by atoms with E-state index >= 15 is 0 Å². The van der Waals surface area contributed by atoms with E-state index < -0.39 is 15.9 Å². The molecule has 1 aliphatic rings. The SMILES string of the molecule is CN1CCC(N(C)S(=O)(=O)c2ccc(NC(=O)Cn3c(=O)cnc4ccccc43)cc2)CC1. The highest BCUT2D eigenvalue weighted by atomic mass is 32.2. The van der Waals surface area contributed by atoms with Crippen molar-refractivity contribution in [3.63, 3.8) is 0 Å². The van der Waals surface area contributed by atoms with E-state index in [1.165, 1.54) is 27.2 Å². The number of benzene rings is 2. The fraction of sp³-hybridized carbons (Fsp3) is 0.348. The third-order valence-corrected chi connectivity index (χ3v) is 8.00. The molecule has 1 aromatic heterocycles. The number of hydrogen-bond donors (Lipinski definition) is 1. The summed E-state index contributed by atoms with van der Waals surface area (Å²) in [6.07, 6.45) is 2.78. The highest BCUT2D eigenvalue weighted by molar-refractivity contribution is 7.89. The Hall–Kier alpha value is -3.08. The molecule has 3 aromatic rings. The molecule has 1 saturated heterocycles. The second-order valence-electron chi connectivity index (χ2n) is 8.30. The molecule has 10 heteroatoms. The number of rotatable bonds is 6. The van der Waals surface area contributed by atoms with Crippen LogP contribution in [0.1, 0.15) is 12.8 Å². The molecule has 174 valence electrons. The Morgan fingerprint density at radius 1 is 1.12 bits per heavy atom. The number of piperidine rings is 1. The fourth-order valence-corrected chi connectivity index (χ4v) is 5.47. The summed E-state index contributed by atoms with van der Waals surface area (Å²) in [4.78, 5) is 31.3. The van der Waals surface area contributed by atoms with Crippen LogP contribution in [0.5, 0.6) is 0 Å². The number of aromatic nitrogens is 2. The number of amides is 1. The number of carbonyl (C=O) groups is 1. The van der Waals surface area contributed by atoms with Crippen LogP contribution in [0.25, 0.3) is 11.0 Å². The van der Waals surface area contributed by atoms with Gasteiger partial charge in [0.15, 0.2) is 0 Å². The summed E-state index contributed by atoms with van der Waals surface area (Å²) in [6.45, 7) is 1.55. The summed E-state index contributed by atoms with van der Waals surface area (Å²) in [7, 11) is 0.0257. The lowest BCUT2D eigenvalue weighted by molar-refractivity contribution is -0.116. The number of likely N-dealkylation sites (tertiary alicyclic amines) is 1. The molecular weight excluding hydrogens is 442 g/mol. The van der Waals surface area contributed by atoms with Crippen molar-refractivity contribution < 1.29 is 13.2 Å². The van der Waals surface area contributed by atoms with Gasteiger partial charge in [-0.3, -0.25) is 14.2 Å². The van der Waals surface area contributed by atoms with Crippen LogP contribution in [0.3, 0.4) is 0 Å². The van der Waals surface area contributed by atoms with Gasteiger partial charge in [0.25, 0.3) is 5.56 Å². The Kier molecular flexibility index (Phi) is 6.59. The van der Waals surface area contributed by atoms with E-state index in [4.69, 9.17) is 0 Å². The first-order valence-corrected chi connectivity index (χ1v) is 12.2. The molecule has 0 radical (unpaired) electrons. The molecule has 0 atom stereocenters. The maximum Gasteiger partial charge on any atom is 0.269 e. The second kappa shape index (κ2) is 9.42. The van der Waals surface area contributed by atoms with Crippen molar-refractivity contribution in [3.05, 3.63) is 65.1 Å². The highest BCUT2D eigenvalue weighted by Crippen LogP contribution is 2.23. The third-order valence-electron chi connectivity index (χ3n) is 6.07. The number of carbonyl (C=O) groups excluding carboxylic acids is 1. The molecule has 1 aliphatic heterocycles. The Morgan fingerprint density at radius 2 is 1.79 bits per heavy atom. The van der Waals surface area contributed by atoms with Crippen LogP contribution >= 0.6 is 0 Å². The fourth-order valence-electron chi connectivity index (χ4n) is 4.05. The average Bonchev–Trinajstić information content (AvgIpc) is 2.81. The zero-order valence-electron chi connectivity index (χ0n) is 18.6. The summed E-state index contributed by atoms with van der Waals surface area (Å²) in [5.41, 5.74) is 1.27. The van der Waals surface area contributed by atoms with Crippen molar-refractivity contribution in [2.24, 2.45) is 0 Å². The van der Waals surface area contributed by atoms with Crippen LogP contribution in [0, 0.1) is 0 Å². The predicted octanol–water partition coefficient (Wildman–Crippen LogP) is 1.75. The molecule has 1 N–H and O–H groups in total. The van der Waals surface area contributed by atoms with Crippen molar-refractivity contribution in [1.82, 2.24) is 18.8 Å². The number of nitrogens with zero attached hydrogens (tertiary/aromatic N) is 4. The van der Waals surface area contributed by atoms with Gasteiger partial charge in [0.1, 0.15) is 6.54 Å². The standard InChI is InChI=1S/C23H27N5O4S/c1-26-13-11-18(12-14-26)27(2)33(31,32)19-9-7-17(8-10-19)25-22(29)16-28-21-6-4-3-5-20(21)24-15-23(28)30/h3-10,15,18H,11-14,16H2,1-2H3,(H,25,29). The summed E-state index contributed by atoms with van der Waals surface area (Å²) < 4.78 is 28.9. The topological polar surface area (TPSA) is 105 Å². The van der Waals surface area contributed by atoms with Gasteiger partial charge in [-0.25, -0.2) is 13.4 Å². The molecule has 0 unspecified atom stereocenters. The Balaban J connectivity index is 1.45. The van der Waals surface area contributed by atoms with Gasteiger partial charge < -0.3 is 10.2 Å². The van der Waals surface area contributed by atoms with Crippen LogP contribution in [0.2, 0.25) is 0 Å². The molecule has 0 spiro atoms. The molecule has 0 bridgehead atoms. The van der Waals surface area contributed by atoms with Crippen LogP contribution in [-0.2, 0) is 21.4 Å². The van der Waals surface area contributed by atoms with Gasteiger partial charge in [-0.2, -0.15) is 4.31 Å². The van der Waals surface area contributed by atoms with E-state index in [9.17, 15) is 18.0 Å². The third kappa shape index (κ3) is 4.97. The van der Waals surface area contributed by atoms with Gasteiger partial charge in [-0.15, -0.1) is 0 Å². The van der Waals surface area contributed by atoms with Gasteiger partial charge in [0, 0.05) is 18.8 Å². The molecule has 2 aromatic carbocycles. The average molecular weight is 470 g/mol. The molecule has 1 fully saturated rings. The number of fused-ring (bicyclic) bond motifs is 1. The largest absolute Gasteiger partial charge is 0.325 e. The lowest BCUT2D eigenvalue weighted by Crippen LogP contribution is -2.44. The van der Waals surface area contributed by atoms with Crippen molar-refractivity contribution in [1.29, 1.82) is 0 Å². The summed E-state index contributed by atoms with van der Waals surface area (Å²) in [5.74, 6) is -0.396. The van der Waals surface area contributed by atoms with Gasteiger partial charge in [-0.1, -0.05) is 12.1 Å². The van der Waals surface area contributed by atoms with Gasteiger partial charge in [0.2, 0.25) is 15.9 Å².